The monoisotopic (exact) mass is 487 g/mol. The molecule has 1 aromatic heterocycles. The number of carbonyl (C=O) groups is 2. The molecule has 182 valence electrons. The van der Waals surface area contributed by atoms with Crippen molar-refractivity contribution in [3.8, 4) is 0 Å². The van der Waals surface area contributed by atoms with Crippen molar-refractivity contribution in [3.63, 3.8) is 0 Å². The van der Waals surface area contributed by atoms with Crippen molar-refractivity contribution in [3.05, 3.63) is 93.1 Å². The molecule has 1 amide bonds. The van der Waals surface area contributed by atoms with Crippen molar-refractivity contribution in [2.45, 2.75) is 53.4 Å². The van der Waals surface area contributed by atoms with Crippen LogP contribution in [0, 0.1) is 6.92 Å². The number of allylic oxidation sites excluding steroid dienone is 5. The maximum Gasteiger partial charge on any atom is 0.265 e. The molecule has 5 nitrogen and oxygen atoms in total. The standard InChI is InChI=1S/C29H33N3O2S/c1-7-22(15-26(20(5)33)31-21(6)30-17-18(2)3)24-12-10-13-25(19(24)4)32-29(34)28-16-23-11-8-9-14-27(23)35-28/h7,10,12-13,15-17,31H,2,6,8-9,11,14H2,1,3-5H3,(H,32,34)/b22-7?,26-15+,30-17-. The Bertz CT molecular complexity index is 1240. The van der Waals surface area contributed by atoms with Gasteiger partial charge in [-0.2, -0.15) is 0 Å². The third-order valence-electron chi connectivity index (χ3n) is 5.82. The lowest BCUT2D eigenvalue weighted by Crippen LogP contribution is -2.17. The summed E-state index contributed by atoms with van der Waals surface area (Å²) in [6.07, 6.45) is 9.81. The Balaban J connectivity index is 1.85. The van der Waals surface area contributed by atoms with Crippen molar-refractivity contribution in [2.75, 3.05) is 5.32 Å². The number of fused-ring (bicyclic) bond motifs is 1. The number of thiophene rings is 1. The number of aliphatic imine (C=N–C) groups is 1. The molecule has 1 heterocycles. The van der Waals surface area contributed by atoms with E-state index in [1.807, 2.05) is 51.1 Å². The molecule has 1 aliphatic rings. The summed E-state index contributed by atoms with van der Waals surface area (Å²) >= 11 is 1.60. The highest BCUT2D eigenvalue weighted by Gasteiger charge is 2.18. The number of Topliss-reactive ketones (excluding diaryl/α,β-unsaturated/α-hetero) is 1. The number of rotatable bonds is 9. The van der Waals surface area contributed by atoms with E-state index in [1.54, 1.807) is 23.6 Å². The van der Waals surface area contributed by atoms with E-state index in [1.165, 1.54) is 30.2 Å². The van der Waals surface area contributed by atoms with Gasteiger partial charge in [0.15, 0.2) is 5.78 Å². The van der Waals surface area contributed by atoms with Gasteiger partial charge in [0.05, 0.1) is 10.6 Å². The lowest BCUT2D eigenvalue weighted by Gasteiger charge is -2.14. The normalized spacial score (nSPS) is 13.9. The summed E-state index contributed by atoms with van der Waals surface area (Å²) in [5.41, 5.74) is 5.92. The molecule has 2 aromatic rings. The van der Waals surface area contributed by atoms with Crippen molar-refractivity contribution in [1.82, 2.24) is 5.32 Å². The Kier molecular flexibility index (Phi) is 8.77. The summed E-state index contributed by atoms with van der Waals surface area (Å²) in [4.78, 5) is 31.6. The van der Waals surface area contributed by atoms with E-state index in [0.717, 1.165) is 45.7 Å². The van der Waals surface area contributed by atoms with Crippen LogP contribution < -0.4 is 10.6 Å². The van der Waals surface area contributed by atoms with Gasteiger partial charge in [0.25, 0.3) is 5.91 Å². The number of nitrogens with one attached hydrogen (secondary N) is 2. The number of anilines is 1. The van der Waals surface area contributed by atoms with Crippen LogP contribution in [-0.4, -0.2) is 17.9 Å². The highest BCUT2D eigenvalue weighted by Crippen LogP contribution is 2.31. The minimum absolute atomic E-state index is 0.0833. The van der Waals surface area contributed by atoms with Gasteiger partial charge in [-0.05, 0) is 92.5 Å². The van der Waals surface area contributed by atoms with Crippen LogP contribution in [0.2, 0.25) is 0 Å². The van der Waals surface area contributed by atoms with Crippen LogP contribution >= 0.6 is 11.3 Å². The van der Waals surface area contributed by atoms with Gasteiger partial charge in [0, 0.05) is 23.7 Å². The summed E-state index contributed by atoms with van der Waals surface area (Å²) in [7, 11) is 0. The second kappa shape index (κ2) is 11.8. The number of benzene rings is 1. The first kappa shape index (κ1) is 26.1. The van der Waals surface area contributed by atoms with E-state index in [9.17, 15) is 9.59 Å². The van der Waals surface area contributed by atoms with Crippen LogP contribution in [0.25, 0.3) is 5.57 Å². The fraction of sp³-hybridized carbons (Fsp3) is 0.276. The minimum Gasteiger partial charge on any atom is -0.338 e. The molecule has 0 saturated heterocycles. The zero-order valence-electron chi connectivity index (χ0n) is 21.0. The molecule has 3 rings (SSSR count). The molecule has 1 aromatic carbocycles. The summed E-state index contributed by atoms with van der Waals surface area (Å²) in [5.74, 6) is 0.126. The van der Waals surface area contributed by atoms with Gasteiger partial charge in [0.2, 0.25) is 0 Å². The third-order valence-corrected chi connectivity index (χ3v) is 7.06. The van der Waals surface area contributed by atoms with E-state index in [-0.39, 0.29) is 11.7 Å². The Morgan fingerprint density at radius 3 is 2.54 bits per heavy atom. The Morgan fingerprint density at radius 1 is 1.14 bits per heavy atom. The van der Waals surface area contributed by atoms with E-state index in [4.69, 9.17) is 0 Å². The Labute approximate surface area is 212 Å². The molecule has 0 unspecified atom stereocenters. The molecule has 0 radical (unpaired) electrons. The van der Waals surface area contributed by atoms with Crippen LogP contribution in [0.1, 0.15) is 64.9 Å². The highest BCUT2D eigenvalue weighted by molar-refractivity contribution is 7.14. The first-order valence-electron chi connectivity index (χ1n) is 11.8. The number of ketones is 1. The van der Waals surface area contributed by atoms with Crippen LogP contribution in [0.4, 0.5) is 5.69 Å². The van der Waals surface area contributed by atoms with Crippen LogP contribution in [0.15, 0.2) is 71.7 Å². The Hall–Kier alpha value is -3.51. The van der Waals surface area contributed by atoms with E-state index in [0.29, 0.717) is 11.5 Å². The number of aryl methyl sites for hydroxylation is 2. The molecule has 2 N–H and O–H groups in total. The molecular formula is C29H33N3O2S. The van der Waals surface area contributed by atoms with Crippen molar-refractivity contribution < 1.29 is 9.59 Å². The maximum absolute atomic E-state index is 13.0. The molecule has 0 saturated carbocycles. The van der Waals surface area contributed by atoms with Crippen LogP contribution in [0.3, 0.4) is 0 Å². The van der Waals surface area contributed by atoms with Gasteiger partial charge < -0.3 is 10.6 Å². The van der Waals surface area contributed by atoms with Gasteiger partial charge in [0.1, 0.15) is 5.82 Å². The van der Waals surface area contributed by atoms with Gasteiger partial charge in [-0.1, -0.05) is 31.4 Å². The summed E-state index contributed by atoms with van der Waals surface area (Å²) in [6.45, 7) is 14.9. The average Bonchev–Trinajstić information content (AvgIpc) is 3.26. The van der Waals surface area contributed by atoms with Crippen LogP contribution in [0.5, 0.6) is 0 Å². The molecule has 0 spiro atoms. The number of nitrogens with zero attached hydrogens (tertiary/aromatic N) is 1. The van der Waals surface area contributed by atoms with Crippen molar-refractivity contribution >= 4 is 40.5 Å². The van der Waals surface area contributed by atoms with E-state index in [2.05, 4.69) is 28.8 Å². The van der Waals surface area contributed by atoms with E-state index >= 15 is 0 Å². The zero-order chi connectivity index (χ0) is 25.5. The number of amides is 1. The van der Waals surface area contributed by atoms with Crippen LogP contribution in [-0.2, 0) is 17.6 Å². The summed E-state index contributed by atoms with van der Waals surface area (Å²) < 4.78 is 0. The molecule has 35 heavy (non-hydrogen) atoms. The smallest absolute Gasteiger partial charge is 0.265 e. The predicted molar refractivity (Wildman–Crippen MR) is 148 cm³/mol. The number of carbonyl (C=O) groups excluding carboxylic acids is 2. The van der Waals surface area contributed by atoms with Gasteiger partial charge in [-0.25, -0.2) is 4.99 Å². The molecule has 0 atom stereocenters. The average molecular weight is 488 g/mol. The van der Waals surface area contributed by atoms with Gasteiger partial charge in [-0.3, -0.25) is 9.59 Å². The summed E-state index contributed by atoms with van der Waals surface area (Å²) in [6, 6.07) is 7.83. The SMILES string of the molecule is C=C(C)/C=N\C(=C)N/C(=C/C(=CC)c1cccc(NC(=O)c2cc3c(s2)CCCC3)c1C)C(C)=O. The van der Waals surface area contributed by atoms with Crippen molar-refractivity contribution in [1.29, 1.82) is 0 Å². The predicted octanol–water partition coefficient (Wildman–Crippen LogP) is 6.77. The molecule has 1 aliphatic carbocycles. The molecule has 0 aliphatic heterocycles. The zero-order valence-corrected chi connectivity index (χ0v) is 21.8. The second-order valence-corrected chi connectivity index (χ2v) is 9.87. The molecule has 0 fully saturated rings. The maximum atomic E-state index is 13.0. The van der Waals surface area contributed by atoms with Crippen molar-refractivity contribution in [2.24, 2.45) is 4.99 Å². The van der Waals surface area contributed by atoms with E-state index < -0.39 is 0 Å². The lowest BCUT2D eigenvalue weighted by atomic mass is 9.97. The first-order valence-corrected chi connectivity index (χ1v) is 12.6. The minimum atomic E-state index is -0.139. The quantitative estimate of drug-likeness (QED) is 0.233. The third kappa shape index (κ3) is 6.76. The van der Waals surface area contributed by atoms with Gasteiger partial charge >= 0.3 is 0 Å². The topological polar surface area (TPSA) is 70.6 Å². The summed E-state index contributed by atoms with van der Waals surface area (Å²) in [5, 5.41) is 6.08. The lowest BCUT2D eigenvalue weighted by molar-refractivity contribution is -0.113. The fourth-order valence-corrected chi connectivity index (χ4v) is 5.09. The highest BCUT2D eigenvalue weighted by atomic mass is 32.1. The number of hydrogen-bond donors (Lipinski definition) is 2. The second-order valence-electron chi connectivity index (χ2n) is 8.73. The first-order chi connectivity index (χ1) is 16.7. The molecule has 6 heteroatoms. The molecular weight excluding hydrogens is 454 g/mol. The van der Waals surface area contributed by atoms with Gasteiger partial charge in [-0.15, -0.1) is 11.3 Å². The molecule has 0 bridgehead atoms. The fourth-order valence-electron chi connectivity index (χ4n) is 3.94. The number of hydrogen-bond acceptors (Lipinski definition) is 5. The Morgan fingerprint density at radius 2 is 1.89 bits per heavy atom. The largest absolute Gasteiger partial charge is 0.338 e.